The van der Waals surface area contributed by atoms with Crippen LogP contribution in [-0.2, 0) is 0 Å². The molecule has 0 aliphatic heterocycles. The molecule has 0 spiro atoms. The summed E-state index contributed by atoms with van der Waals surface area (Å²) in [5.41, 5.74) is 1.63. The van der Waals surface area contributed by atoms with Crippen molar-refractivity contribution in [2.45, 2.75) is 6.10 Å². The van der Waals surface area contributed by atoms with Gasteiger partial charge in [0.15, 0.2) is 0 Å². The number of benzene rings is 2. The molecule has 0 bridgehead atoms. The van der Waals surface area contributed by atoms with Crippen molar-refractivity contribution in [3.8, 4) is 11.5 Å². The van der Waals surface area contributed by atoms with Gasteiger partial charge in [0, 0.05) is 35.5 Å². The van der Waals surface area contributed by atoms with E-state index in [2.05, 4.69) is 5.32 Å². The van der Waals surface area contributed by atoms with Gasteiger partial charge in [-0.05, 0) is 17.7 Å². The summed E-state index contributed by atoms with van der Waals surface area (Å²) in [6.45, 7) is 0.373. The summed E-state index contributed by atoms with van der Waals surface area (Å²) < 4.78 is 10.4. The zero-order valence-electron chi connectivity index (χ0n) is 12.0. The molecule has 2 aromatic rings. The summed E-state index contributed by atoms with van der Waals surface area (Å²) in [5.74, 6) is 1.38. The number of methoxy groups -OCH3 is 2. The molecule has 21 heavy (non-hydrogen) atoms. The largest absolute Gasteiger partial charge is 0.497 e. The van der Waals surface area contributed by atoms with Crippen molar-refractivity contribution in [3.05, 3.63) is 53.1 Å². The molecule has 0 radical (unpaired) electrons. The number of hydrogen-bond donors (Lipinski definition) is 2. The number of hydrogen-bond acceptors (Lipinski definition) is 4. The maximum atomic E-state index is 10.2. The highest BCUT2D eigenvalue weighted by molar-refractivity contribution is 6.30. The molecule has 2 aromatic carbocycles. The van der Waals surface area contributed by atoms with E-state index < -0.39 is 6.10 Å². The second-order valence-electron chi connectivity index (χ2n) is 4.55. The lowest BCUT2D eigenvalue weighted by molar-refractivity contribution is 0.191. The Kier molecular flexibility index (Phi) is 5.31. The van der Waals surface area contributed by atoms with Crippen LogP contribution < -0.4 is 14.8 Å². The molecule has 0 fully saturated rings. The molecule has 0 heterocycles. The van der Waals surface area contributed by atoms with E-state index in [4.69, 9.17) is 21.1 Å². The smallest absolute Gasteiger partial charge is 0.124 e. The number of halogens is 1. The van der Waals surface area contributed by atoms with Gasteiger partial charge >= 0.3 is 0 Å². The maximum Gasteiger partial charge on any atom is 0.124 e. The van der Waals surface area contributed by atoms with Crippen LogP contribution in [0.25, 0.3) is 0 Å². The number of ether oxygens (including phenoxy) is 2. The predicted octanol–water partition coefficient (Wildman–Crippen LogP) is 3.50. The predicted molar refractivity (Wildman–Crippen MR) is 84.4 cm³/mol. The normalized spacial score (nSPS) is 11.8. The molecule has 0 aliphatic rings. The van der Waals surface area contributed by atoms with Gasteiger partial charge in [0.05, 0.1) is 20.3 Å². The van der Waals surface area contributed by atoms with Crippen molar-refractivity contribution in [2.24, 2.45) is 0 Å². The highest BCUT2D eigenvalue weighted by Crippen LogP contribution is 2.26. The monoisotopic (exact) mass is 307 g/mol. The number of rotatable bonds is 6. The summed E-state index contributed by atoms with van der Waals surface area (Å²) in [4.78, 5) is 0. The van der Waals surface area contributed by atoms with E-state index in [0.717, 1.165) is 11.3 Å². The first-order valence-electron chi connectivity index (χ1n) is 6.53. The molecule has 0 aliphatic carbocycles. The van der Waals surface area contributed by atoms with Gasteiger partial charge in [-0.3, -0.25) is 0 Å². The van der Waals surface area contributed by atoms with E-state index in [1.54, 1.807) is 44.6 Å². The zero-order chi connectivity index (χ0) is 15.2. The summed E-state index contributed by atoms with van der Waals surface area (Å²) in [7, 11) is 3.20. The average molecular weight is 308 g/mol. The third-order valence-electron chi connectivity index (χ3n) is 3.11. The van der Waals surface area contributed by atoms with Crippen LogP contribution in [0.15, 0.2) is 42.5 Å². The minimum Gasteiger partial charge on any atom is -0.497 e. The number of aliphatic hydroxyl groups excluding tert-OH is 1. The fraction of sp³-hybridized carbons (Fsp3) is 0.250. The molecule has 112 valence electrons. The topological polar surface area (TPSA) is 50.7 Å². The highest BCUT2D eigenvalue weighted by atomic mass is 35.5. The maximum absolute atomic E-state index is 10.2. The Hall–Kier alpha value is -1.91. The van der Waals surface area contributed by atoms with E-state index in [1.165, 1.54) is 0 Å². The third kappa shape index (κ3) is 4.28. The summed E-state index contributed by atoms with van der Waals surface area (Å²) in [5, 5.41) is 14.0. The van der Waals surface area contributed by atoms with Gasteiger partial charge in [-0.15, -0.1) is 0 Å². The van der Waals surface area contributed by atoms with Gasteiger partial charge in [-0.1, -0.05) is 23.7 Å². The van der Waals surface area contributed by atoms with Crippen LogP contribution >= 0.6 is 11.6 Å². The third-order valence-corrected chi connectivity index (χ3v) is 3.36. The molecule has 2 rings (SSSR count). The Morgan fingerprint density at radius 3 is 2.14 bits per heavy atom. The Morgan fingerprint density at radius 1 is 1.05 bits per heavy atom. The van der Waals surface area contributed by atoms with Crippen molar-refractivity contribution in [3.63, 3.8) is 0 Å². The quantitative estimate of drug-likeness (QED) is 0.857. The Bertz CT molecular complexity index is 564. The Balaban J connectivity index is 2.03. The van der Waals surface area contributed by atoms with E-state index in [0.29, 0.717) is 23.1 Å². The van der Waals surface area contributed by atoms with Crippen LogP contribution in [0.5, 0.6) is 11.5 Å². The molecular formula is C16H18ClNO3. The molecule has 0 aromatic heterocycles. The van der Waals surface area contributed by atoms with E-state index in [9.17, 15) is 5.11 Å². The first-order chi connectivity index (χ1) is 10.1. The number of anilines is 1. The van der Waals surface area contributed by atoms with E-state index in [-0.39, 0.29) is 0 Å². The second-order valence-corrected chi connectivity index (χ2v) is 4.99. The van der Waals surface area contributed by atoms with Crippen molar-refractivity contribution >= 4 is 17.3 Å². The fourth-order valence-corrected chi connectivity index (χ4v) is 2.05. The van der Waals surface area contributed by atoms with Crippen molar-refractivity contribution < 1.29 is 14.6 Å². The molecule has 0 saturated heterocycles. The van der Waals surface area contributed by atoms with Crippen LogP contribution in [0.2, 0.25) is 5.02 Å². The molecule has 5 heteroatoms. The summed E-state index contributed by atoms with van der Waals surface area (Å²) in [6.07, 6.45) is -0.625. The van der Waals surface area contributed by atoms with Crippen LogP contribution in [-0.4, -0.2) is 25.9 Å². The van der Waals surface area contributed by atoms with Crippen LogP contribution in [0.3, 0.4) is 0 Å². The van der Waals surface area contributed by atoms with Crippen LogP contribution in [0.4, 0.5) is 5.69 Å². The van der Waals surface area contributed by atoms with Gasteiger partial charge in [0.1, 0.15) is 11.5 Å². The molecule has 0 saturated carbocycles. The van der Waals surface area contributed by atoms with E-state index in [1.807, 2.05) is 12.1 Å². The van der Waals surface area contributed by atoms with Gasteiger partial charge < -0.3 is 19.9 Å². The standard InChI is InChI=1S/C16H18ClNO3/c1-20-14-7-13(8-15(9-14)21-2)18-10-16(19)11-3-5-12(17)6-4-11/h3-9,16,18-19H,10H2,1-2H3. The van der Waals surface area contributed by atoms with Crippen molar-refractivity contribution in [1.82, 2.24) is 0 Å². The zero-order valence-corrected chi connectivity index (χ0v) is 12.7. The lowest BCUT2D eigenvalue weighted by atomic mass is 10.1. The molecule has 1 atom stereocenters. The molecule has 0 amide bonds. The van der Waals surface area contributed by atoms with Gasteiger partial charge in [0.2, 0.25) is 0 Å². The van der Waals surface area contributed by atoms with Crippen molar-refractivity contribution in [2.75, 3.05) is 26.1 Å². The van der Waals surface area contributed by atoms with E-state index >= 15 is 0 Å². The highest BCUT2D eigenvalue weighted by Gasteiger charge is 2.08. The van der Waals surface area contributed by atoms with Gasteiger partial charge in [-0.25, -0.2) is 0 Å². The lowest BCUT2D eigenvalue weighted by Crippen LogP contribution is -2.12. The Morgan fingerprint density at radius 2 is 1.62 bits per heavy atom. The lowest BCUT2D eigenvalue weighted by Gasteiger charge is -2.15. The van der Waals surface area contributed by atoms with Gasteiger partial charge in [0.25, 0.3) is 0 Å². The first-order valence-corrected chi connectivity index (χ1v) is 6.90. The average Bonchev–Trinajstić information content (AvgIpc) is 2.52. The number of aliphatic hydroxyl groups is 1. The SMILES string of the molecule is COc1cc(NCC(O)c2ccc(Cl)cc2)cc(OC)c1. The summed E-state index contributed by atoms with van der Waals surface area (Å²) >= 11 is 5.83. The van der Waals surface area contributed by atoms with Crippen LogP contribution in [0, 0.1) is 0 Å². The first kappa shape index (κ1) is 15.5. The van der Waals surface area contributed by atoms with Crippen LogP contribution in [0.1, 0.15) is 11.7 Å². The second kappa shape index (κ2) is 7.20. The molecular weight excluding hydrogens is 290 g/mol. The Labute approximate surface area is 129 Å². The summed E-state index contributed by atoms with van der Waals surface area (Å²) in [6, 6.07) is 12.6. The minimum absolute atomic E-state index is 0.373. The minimum atomic E-state index is -0.625. The van der Waals surface area contributed by atoms with Crippen molar-refractivity contribution in [1.29, 1.82) is 0 Å². The molecule has 2 N–H and O–H groups in total. The molecule has 4 nitrogen and oxygen atoms in total. The van der Waals surface area contributed by atoms with Gasteiger partial charge in [-0.2, -0.15) is 0 Å². The number of nitrogens with one attached hydrogen (secondary N) is 1. The molecule has 1 unspecified atom stereocenters. The fourth-order valence-electron chi connectivity index (χ4n) is 1.93.